The van der Waals surface area contributed by atoms with Crippen molar-refractivity contribution in [2.75, 3.05) is 52.9 Å². The van der Waals surface area contributed by atoms with Gasteiger partial charge in [-0.1, -0.05) is 0 Å². The molecule has 2 aliphatic heterocycles. The van der Waals surface area contributed by atoms with Crippen LogP contribution in [0.25, 0.3) is 0 Å². The fourth-order valence-electron chi connectivity index (χ4n) is 2.79. The first-order valence-electron chi connectivity index (χ1n) is 7.11. The SMILES string of the molecule is COC1CCCN(C(=O)N2CCN(CC(=O)O)CC2)C1. The molecule has 1 unspecified atom stereocenters. The van der Waals surface area contributed by atoms with Gasteiger partial charge in [-0.15, -0.1) is 0 Å². The van der Waals surface area contributed by atoms with Crippen molar-refractivity contribution in [3.63, 3.8) is 0 Å². The van der Waals surface area contributed by atoms with Crippen molar-refractivity contribution in [3.8, 4) is 0 Å². The minimum Gasteiger partial charge on any atom is -0.480 e. The number of likely N-dealkylation sites (tertiary alicyclic amines) is 1. The quantitative estimate of drug-likeness (QED) is 0.785. The summed E-state index contributed by atoms with van der Waals surface area (Å²) in [5.74, 6) is -0.816. The normalized spacial score (nSPS) is 24.8. The van der Waals surface area contributed by atoms with Gasteiger partial charge in [-0.2, -0.15) is 0 Å². The molecule has 7 nitrogen and oxygen atoms in total. The zero-order valence-corrected chi connectivity index (χ0v) is 12.0. The Balaban J connectivity index is 1.80. The van der Waals surface area contributed by atoms with E-state index in [1.165, 1.54) is 0 Å². The van der Waals surface area contributed by atoms with Crippen LogP contribution in [0.3, 0.4) is 0 Å². The lowest BCUT2D eigenvalue weighted by molar-refractivity contribution is -0.138. The van der Waals surface area contributed by atoms with Crippen LogP contribution in [0.4, 0.5) is 4.79 Å². The summed E-state index contributed by atoms with van der Waals surface area (Å²) >= 11 is 0. The van der Waals surface area contributed by atoms with E-state index in [0.717, 1.165) is 19.4 Å². The number of carboxylic acids is 1. The number of piperazine rings is 1. The van der Waals surface area contributed by atoms with Crippen molar-refractivity contribution < 1.29 is 19.4 Å². The van der Waals surface area contributed by atoms with E-state index in [-0.39, 0.29) is 18.7 Å². The van der Waals surface area contributed by atoms with Crippen LogP contribution in [0.5, 0.6) is 0 Å². The zero-order chi connectivity index (χ0) is 14.5. The second-order valence-corrected chi connectivity index (χ2v) is 5.39. The number of ether oxygens (including phenoxy) is 1. The van der Waals surface area contributed by atoms with E-state index in [1.807, 2.05) is 14.7 Å². The summed E-state index contributed by atoms with van der Waals surface area (Å²) in [7, 11) is 1.68. The monoisotopic (exact) mass is 285 g/mol. The van der Waals surface area contributed by atoms with Gasteiger partial charge in [0.05, 0.1) is 12.6 Å². The molecule has 114 valence electrons. The van der Waals surface area contributed by atoms with Gasteiger partial charge in [-0.25, -0.2) is 4.79 Å². The second kappa shape index (κ2) is 6.90. The number of piperidine rings is 1. The molecule has 2 heterocycles. The number of hydrogen-bond donors (Lipinski definition) is 1. The van der Waals surface area contributed by atoms with Crippen molar-refractivity contribution in [2.45, 2.75) is 18.9 Å². The molecule has 0 spiro atoms. The topological polar surface area (TPSA) is 73.3 Å². The molecule has 2 rings (SSSR count). The lowest BCUT2D eigenvalue weighted by Crippen LogP contribution is -2.55. The number of hydrogen-bond acceptors (Lipinski definition) is 4. The first-order valence-corrected chi connectivity index (χ1v) is 7.11. The molecule has 2 aliphatic rings. The molecular weight excluding hydrogens is 262 g/mol. The summed E-state index contributed by atoms with van der Waals surface area (Å²) in [5, 5.41) is 8.76. The third kappa shape index (κ3) is 3.83. The maximum absolute atomic E-state index is 12.4. The highest BCUT2D eigenvalue weighted by molar-refractivity contribution is 5.75. The molecule has 2 saturated heterocycles. The van der Waals surface area contributed by atoms with Crippen LogP contribution >= 0.6 is 0 Å². The highest BCUT2D eigenvalue weighted by Gasteiger charge is 2.29. The van der Waals surface area contributed by atoms with Crippen LogP contribution in [0.15, 0.2) is 0 Å². The lowest BCUT2D eigenvalue weighted by Gasteiger charge is -2.39. The fraction of sp³-hybridized carbons (Fsp3) is 0.846. The predicted molar refractivity (Wildman–Crippen MR) is 72.6 cm³/mol. The Bertz CT molecular complexity index is 356. The summed E-state index contributed by atoms with van der Waals surface area (Å²) in [5.41, 5.74) is 0. The maximum Gasteiger partial charge on any atom is 0.320 e. The molecule has 0 radical (unpaired) electrons. The van der Waals surface area contributed by atoms with Crippen LogP contribution in [-0.4, -0.2) is 90.8 Å². The lowest BCUT2D eigenvalue weighted by atomic mass is 10.1. The minimum absolute atomic E-state index is 0.0531. The Kier molecular flexibility index (Phi) is 5.19. The summed E-state index contributed by atoms with van der Waals surface area (Å²) in [6, 6.07) is 0.0572. The average molecular weight is 285 g/mol. The van der Waals surface area contributed by atoms with Gasteiger partial charge in [0.2, 0.25) is 0 Å². The van der Waals surface area contributed by atoms with E-state index >= 15 is 0 Å². The van der Waals surface area contributed by atoms with E-state index in [2.05, 4.69) is 0 Å². The van der Waals surface area contributed by atoms with Crippen LogP contribution < -0.4 is 0 Å². The smallest absolute Gasteiger partial charge is 0.320 e. The molecular formula is C13H23N3O4. The van der Waals surface area contributed by atoms with E-state index < -0.39 is 5.97 Å². The first-order chi connectivity index (χ1) is 9.60. The first kappa shape index (κ1) is 15.1. The average Bonchev–Trinajstić information content (AvgIpc) is 2.47. The van der Waals surface area contributed by atoms with Gasteiger partial charge in [0, 0.05) is 46.4 Å². The molecule has 0 aromatic heterocycles. The molecule has 0 aromatic rings. The summed E-state index contributed by atoms with van der Waals surface area (Å²) in [4.78, 5) is 28.6. The van der Waals surface area contributed by atoms with Crippen LogP contribution in [-0.2, 0) is 9.53 Å². The minimum atomic E-state index is -0.816. The summed E-state index contributed by atoms with van der Waals surface area (Å²) in [6.07, 6.45) is 2.12. The molecule has 1 atom stereocenters. The number of aliphatic carboxylic acids is 1. The van der Waals surface area contributed by atoms with Crippen molar-refractivity contribution in [1.29, 1.82) is 0 Å². The van der Waals surface area contributed by atoms with Crippen molar-refractivity contribution >= 4 is 12.0 Å². The highest BCUT2D eigenvalue weighted by Crippen LogP contribution is 2.15. The third-order valence-electron chi connectivity index (χ3n) is 3.98. The molecule has 0 bridgehead atoms. The van der Waals surface area contributed by atoms with Crippen molar-refractivity contribution in [1.82, 2.24) is 14.7 Å². The van der Waals surface area contributed by atoms with Gasteiger partial charge >= 0.3 is 12.0 Å². The summed E-state index contributed by atoms with van der Waals surface area (Å²) in [6.45, 7) is 3.94. The van der Waals surface area contributed by atoms with Gasteiger partial charge in [-0.3, -0.25) is 9.69 Å². The number of methoxy groups -OCH3 is 1. The number of nitrogens with zero attached hydrogens (tertiary/aromatic N) is 3. The van der Waals surface area contributed by atoms with Gasteiger partial charge in [0.25, 0.3) is 0 Å². The molecule has 7 heteroatoms. The highest BCUT2D eigenvalue weighted by atomic mass is 16.5. The standard InChI is InChI=1S/C13H23N3O4/c1-20-11-3-2-4-16(9-11)13(19)15-7-5-14(6-8-15)10-12(17)18/h11H,2-10H2,1H3,(H,17,18). The maximum atomic E-state index is 12.4. The number of carbonyl (C=O) groups is 2. The van der Waals surface area contributed by atoms with Crippen molar-refractivity contribution in [2.24, 2.45) is 0 Å². The zero-order valence-electron chi connectivity index (χ0n) is 12.0. The van der Waals surface area contributed by atoms with Gasteiger partial charge in [-0.05, 0) is 12.8 Å². The van der Waals surface area contributed by atoms with Crippen LogP contribution in [0.1, 0.15) is 12.8 Å². The fourth-order valence-corrected chi connectivity index (χ4v) is 2.79. The van der Waals surface area contributed by atoms with Gasteiger partial charge in [0.1, 0.15) is 0 Å². The molecule has 20 heavy (non-hydrogen) atoms. The number of carboxylic acid groups (broad SMARTS) is 1. The number of urea groups is 1. The van der Waals surface area contributed by atoms with Gasteiger partial charge < -0.3 is 19.6 Å². The van der Waals surface area contributed by atoms with Crippen molar-refractivity contribution in [3.05, 3.63) is 0 Å². The Labute approximate surface area is 119 Å². The van der Waals surface area contributed by atoms with Crippen LogP contribution in [0, 0.1) is 0 Å². The van der Waals surface area contributed by atoms with Gasteiger partial charge in [0.15, 0.2) is 0 Å². The summed E-state index contributed by atoms with van der Waals surface area (Å²) < 4.78 is 5.33. The molecule has 2 fully saturated rings. The largest absolute Gasteiger partial charge is 0.480 e. The van der Waals surface area contributed by atoms with Crippen LogP contribution in [0.2, 0.25) is 0 Å². The Hall–Kier alpha value is -1.34. The third-order valence-corrected chi connectivity index (χ3v) is 3.98. The predicted octanol–water partition coefficient (Wildman–Crippen LogP) is -0.0806. The molecule has 0 aromatic carbocycles. The number of amides is 2. The van der Waals surface area contributed by atoms with E-state index in [0.29, 0.717) is 32.7 Å². The van der Waals surface area contributed by atoms with E-state index in [1.54, 1.807) is 7.11 Å². The van der Waals surface area contributed by atoms with E-state index in [9.17, 15) is 9.59 Å². The molecule has 0 saturated carbocycles. The second-order valence-electron chi connectivity index (χ2n) is 5.39. The molecule has 0 aliphatic carbocycles. The Morgan fingerprint density at radius 2 is 1.85 bits per heavy atom. The Morgan fingerprint density at radius 3 is 2.45 bits per heavy atom. The van der Waals surface area contributed by atoms with E-state index in [4.69, 9.17) is 9.84 Å². The Morgan fingerprint density at radius 1 is 1.15 bits per heavy atom. The molecule has 1 N–H and O–H groups in total. The molecule has 2 amide bonds. The number of carbonyl (C=O) groups excluding carboxylic acids is 1. The number of rotatable bonds is 3.